The lowest BCUT2D eigenvalue weighted by molar-refractivity contribution is 0.563. The van der Waals surface area contributed by atoms with E-state index >= 15 is 0 Å². The Morgan fingerprint density at radius 1 is 1.31 bits per heavy atom. The van der Waals surface area contributed by atoms with Crippen LogP contribution in [0.2, 0.25) is 0 Å². The Morgan fingerprint density at radius 3 is 2.23 bits per heavy atom. The number of guanidine groups is 1. The second kappa shape index (κ2) is 6.75. The molecule has 0 heterocycles. The van der Waals surface area contributed by atoms with Crippen molar-refractivity contribution in [2.45, 2.75) is 46.6 Å². The average molecular weight is 185 g/mol. The molecule has 3 N–H and O–H groups in total. The minimum absolute atomic E-state index is 0.468. The highest BCUT2D eigenvalue weighted by molar-refractivity contribution is 5.78. The van der Waals surface area contributed by atoms with Crippen molar-refractivity contribution in [1.82, 2.24) is 5.32 Å². The fourth-order valence-corrected chi connectivity index (χ4v) is 1.03. The van der Waals surface area contributed by atoms with Gasteiger partial charge in [0.15, 0.2) is 5.96 Å². The van der Waals surface area contributed by atoms with Gasteiger partial charge in [0.2, 0.25) is 0 Å². The molecule has 0 aromatic carbocycles. The molecule has 0 bridgehead atoms. The molecular formula is C10H23N3. The highest BCUT2D eigenvalue weighted by Crippen LogP contribution is 1.96. The first-order chi connectivity index (χ1) is 6.10. The Kier molecular flexibility index (Phi) is 6.37. The van der Waals surface area contributed by atoms with E-state index in [1.807, 2.05) is 0 Å². The molecule has 0 atom stereocenters. The first-order valence-corrected chi connectivity index (χ1v) is 5.16. The van der Waals surface area contributed by atoms with Crippen LogP contribution in [0, 0.1) is 5.92 Å². The second-order valence-electron chi connectivity index (χ2n) is 3.78. The van der Waals surface area contributed by atoms with Gasteiger partial charge >= 0.3 is 0 Å². The van der Waals surface area contributed by atoms with E-state index in [1.54, 1.807) is 0 Å². The van der Waals surface area contributed by atoms with Crippen LogP contribution < -0.4 is 11.1 Å². The van der Waals surface area contributed by atoms with Crippen LogP contribution in [0.4, 0.5) is 0 Å². The predicted molar refractivity (Wildman–Crippen MR) is 58.8 cm³/mol. The molecule has 0 saturated carbocycles. The summed E-state index contributed by atoms with van der Waals surface area (Å²) in [5.41, 5.74) is 5.71. The zero-order chi connectivity index (χ0) is 10.3. The van der Waals surface area contributed by atoms with Crippen LogP contribution in [-0.2, 0) is 0 Å². The third-order valence-corrected chi connectivity index (χ3v) is 1.96. The van der Waals surface area contributed by atoms with Crippen LogP contribution in [0.1, 0.15) is 40.5 Å². The van der Waals surface area contributed by atoms with Gasteiger partial charge in [0, 0.05) is 12.6 Å². The molecule has 0 aliphatic carbocycles. The summed E-state index contributed by atoms with van der Waals surface area (Å²) < 4.78 is 0. The maximum atomic E-state index is 5.71. The molecule has 0 saturated heterocycles. The van der Waals surface area contributed by atoms with Gasteiger partial charge in [-0.15, -0.1) is 0 Å². The molecular weight excluding hydrogens is 162 g/mol. The van der Waals surface area contributed by atoms with E-state index in [-0.39, 0.29) is 0 Å². The fourth-order valence-electron chi connectivity index (χ4n) is 1.03. The summed E-state index contributed by atoms with van der Waals surface area (Å²) in [6.45, 7) is 9.37. The standard InChI is InChI=1S/C10H23N3/c1-5-9(6-2)13-10(11)12-7-8(3)4/h8-9H,5-7H2,1-4H3,(H3,11,12,13). The highest BCUT2D eigenvalue weighted by atomic mass is 15.1. The van der Waals surface area contributed by atoms with E-state index in [4.69, 9.17) is 5.73 Å². The van der Waals surface area contributed by atoms with Crippen molar-refractivity contribution < 1.29 is 0 Å². The van der Waals surface area contributed by atoms with Crippen molar-refractivity contribution in [3.8, 4) is 0 Å². The van der Waals surface area contributed by atoms with Gasteiger partial charge in [-0.2, -0.15) is 0 Å². The largest absolute Gasteiger partial charge is 0.370 e. The topological polar surface area (TPSA) is 50.4 Å². The maximum Gasteiger partial charge on any atom is 0.188 e. The lowest BCUT2D eigenvalue weighted by Gasteiger charge is -2.15. The average Bonchev–Trinajstić information content (AvgIpc) is 2.10. The number of hydrogen-bond acceptors (Lipinski definition) is 1. The minimum atomic E-state index is 0.468. The highest BCUT2D eigenvalue weighted by Gasteiger charge is 2.02. The van der Waals surface area contributed by atoms with E-state index in [0.717, 1.165) is 19.4 Å². The monoisotopic (exact) mass is 185 g/mol. The number of nitrogens with zero attached hydrogens (tertiary/aromatic N) is 1. The molecule has 0 aliphatic rings. The third-order valence-electron chi connectivity index (χ3n) is 1.96. The number of nitrogens with one attached hydrogen (secondary N) is 1. The SMILES string of the molecule is CCC(CC)NC(N)=NCC(C)C. The van der Waals surface area contributed by atoms with Gasteiger partial charge in [-0.25, -0.2) is 0 Å². The van der Waals surface area contributed by atoms with Crippen LogP contribution >= 0.6 is 0 Å². The molecule has 0 aromatic heterocycles. The fraction of sp³-hybridized carbons (Fsp3) is 0.900. The van der Waals surface area contributed by atoms with Crippen molar-refractivity contribution in [3.05, 3.63) is 0 Å². The van der Waals surface area contributed by atoms with Gasteiger partial charge in [-0.05, 0) is 18.8 Å². The summed E-state index contributed by atoms with van der Waals surface area (Å²) in [4.78, 5) is 4.24. The minimum Gasteiger partial charge on any atom is -0.370 e. The smallest absolute Gasteiger partial charge is 0.188 e. The Morgan fingerprint density at radius 2 is 1.85 bits per heavy atom. The Hall–Kier alpha value is -0.730. The van der Waals surface area contributed by atoms with E-state index in [1.165, 1.54) is 0 Å². The van der Waals surface area contributed by atoms with Gasteiger partial charge in [0.25, 0.3) is 0 Å². The zero-order valence-corrected chi connectivity index (χ0v) is 9.30. The molecule has 78 valence electrons. The van der Waals surface area contributed by atoms with E-state index < -0.39 is 0 Å². The van der Waals surface area contributed by atoms with E-state index in [0.29, 0.717) is 17.9 Å². The molecule has 3 heteroatoms. The number of nitrogens with two attached hydrogens (primary N) is 1. The van der Waals surface area contributed by atoms with Crippen molar-refractivity contribution >= 4 is 5.96 Å². The van der Waals surface area contributed by atoms with Crippen LogP contribution in [0.25, 0.3) is 0 Å². The molecule has 3 nitrogen and oxygen atoms in total. The quantitative estimate of drug-likeness (QED) is 0.506. The maximum absolute atomic E-state index is 5.71. The Bertz CT molecular complexity index is 148. The Balaban J connectivity index is 3.82. The van der Waals surface area contributed by atoms with Crippen molar-refractivity contribution in [1.29, 1.82) is 0 Å². The summed E-state index contributed by atoms with van der Waals surface area (Å²) in [7, 11) is 0. The summed E-state index contributed by atoms with van der Waals surface area (Å²) in [5, 5.41) is 3.20. The lowest BCUT2D eigenvalue weighted by atomic mass is 10.2. The van der Waals surface area contributed by atoms with Crippen molar-refractivity contribution in [2.75, 3.05) is 6.54 Å². The summed E-state index contributed by atoms with van der Waals surface area (Å²) in [6.07, 6.45) is 2.18. The molecule has 0 aliphatic heterocycles. The predicted octanol–water partition coefficient (Wildman–Crippen LogP) is 1.74. The molecule has 0 fully saturated rings. The summed E-state index contributed by atoms with van der Waals surface area (Å²) in [5.74, 6) is 1.16. The number of hydrogen-bond donors (Lipinski definition) is 2. The first-order valence-electron chi connectivity index (χ1n) is 5.16. The summed E-state index contributed by atoms with van der Waals surface area (Å²) >= 11 is 0. The van der Waals surface area contributed by atoms with Gasteiger partial charge in [0.1, 0.15) is 0 Å². The molecule has 13 heavy (non-hydrogen) atoms. The zero-order valence-electron chi connectivity index (χ0n) is 9.30. The van der Waals surface area contributed by atoms with Crippen LogP contribution in [0.5, 0.6) is 0 Å². The Labute approximate surface area is 81.8 Å². The van der Waals surface area contributed by atoms with Crippen LogP contribution in [0.3, 0.4) is 0 Å². The number of aliphatic imine (C=N–C) groups is 1. The first kappa shape index (κ1) is 12.3. The molecule has 0 spiro atoms. The van der Waals surface area contributed by atoms with Crippen LogP contribution in [0.15, 0.2) is 4.99 Å². The van der Waals surface area contributed by atoms with Gasteiger partial charge < -0.3 is 11.1 Å². The molecule has 0 unspecified atom stereocenters. The lowest BCUT2D eigenvalue weighted by Crippen LogP contribution is -2.39. The van der Waals surface area contributed by atoms with Gasteiger partial charge in [-0.1, -0.05) is 27.7 Å². The van der Waals surface area contributed by atoms with Crippen molar-refractivity contribution in [2.24, 2.45) is 16.6 Å². The molecule has 0 rings (SSSR count). The normalized spacial score (nSPS) is 12.6. The number of rotatable bonds is 5. The molecule has 0 aromatic rings. The van der Waals surface area contributed by atoms with Gasteiger partial charge in [-0.3, -0.25) is 4.99 Å². The van der Waals surface area contributed by atoms with Gasteiger partial charge in [0.05, 0.1) is 0 Å². The van der Waals surface area contributed by atoms with E-state index in [9.17, 15) is 0 Å². The third kappa shape index (κ3) is 6.43. The molecule has 0 amide bonds. The van der Waals surface area contributed by atoms with Crippen molar-refractivity contribution in [3.63, 3.8) is 0 Å². The van der Waals surface area contributed by atoms with E-state index in [2.05, 4.69) is 38.0 Å². The van der Waals surface area contributed by atoms with Crippen LogP contribution in [-0.4, -0.2) is 18.5 Å². The summed E-state index contributed by atoms with van der Waals surface area (Å²) in [6, 6.07) is 0.468. The second-order valence-corrected chi connectivity index (χ2v) is 3.78. The molecule has 0 radical (unpaired) electrons.